The highest BCUT2D eigenvalue weighted by molar-refractivity contribution is 6.32. The molecule has 0 aliphatic heterocycles. The van der Waals surface area contributed by atoms with Crippen LogP contribution in [0.5, 0.6) is 17.2 Å². The number of phenols is 2. The lowest BCUT2D eigenvalue weighted by Crippen LogP contribution is -2.38. The zero-order chi connectivity index (χ0) is 31.5. The predicted molar refractivity (Wildman–Crippen MR) is 182 cm³/mol. The summed E-state index contributed by atoms with van der Waals surface area (Å²) in [5.41, 5.74) is 5.63. The predicted octanol–water partition coefficient (Wildman–Crippen LogP) is 8.35. The fourth-order valence-electron chi connectivity index (χ4n) is 5.78. The van der Waals surface area contributed by atoms with Crippen LogP contribution < -0.4 is 10.1 Å². The van der Waals surface area contributed by atoms with Crippen molar-refractivity contribution in [1.82, 2.24) is 10.2 Å². The summed E-state index contributed by atoms with van der Waals surface area (Å²) < 4.78 is 6.10. The van der Waals surface area contributed by atoms with Crippen LogP contribution in [0.2, 0.25) is 5.02 Å². The van der Waals surface area contributed by atoms with Gasteiger partial charge in [0.2, 0.25) is 0 Å². The lowest BCUT2D eigenvalue weighted by molar-refractivity contribution is 0.170. The molecule has 0 spiro atoms. The molecule has 1 atom stereocenters. The number of nitrogens with zero attached hydrogens (tertiary/aromatic N) is 1. The van der Waals surface area contributed by atoms with Crippen molar-refractivity contribution in [2.75, 3.05) is 19.7 Å². The van der Waals surface area contributed by atoms with E-state index in [0.717, 1.165) is 54.8 Å². The molecule has 0 aliphatic rings. The van der Waals surface area contributed by atoms with Crippen LogP contribution in [-0.2, 0) is 19.4 Å². The first-order valence-electron chi connectivity index (χ1n) is 15.7. The van der Waals surface area contributed by atoms with Crippen LogP contribution >= 0.6 is 11.6 Å². The Morgan fingerprint density at radius 2 is 1.41 bits per heavy atom. The van der Waals surface area contributed by atoms with Gasteiger partial charge in [-0.15, -0.1) is 0 Å². The topological polar surface area (TPSA) is 65.0 Å². The maximum Gasteiger partial charge on any atom is 0.134 e. The van der Waals surface area contributed by atoms with Crippen molar-refractivity contribution in [2.24, 2.45) is 0 Å². The fraction of sp³-hybridized carbons (Fsp3) is 0.368. The van der Waals surface area contributed by atoms with Crippen molar-refractivity contribution >= 4 is 11.6 Å². The van der Waals surface area contributed by atoms with E-state index in [1.807, 2.05) is 36.4 Å². The van der Waals surface area contributed by atoms with Gasteiger partial charge in [0.25, 0.3) is 0 Å². The maximum absolute atomic E-state index is 11.0. The van der Waals surface area contributed by atoms with Crippen molar-refractivity contribution in [1.29, 1.82) is 0 Å². The normalized spacial score (nSPS) is 12.3. The third-order valence-corrected chi connectivity index (χ3v) is 8.49. The number of halogens is 1. The average molecular weight is 615 g/mol. The van der Waals surface area contributed by atoms with Gasteiger partial charge in [-0.05, 0) is 106 Å². The highest BCUT2D eigenvalue weighted by Crippen LogP contribution is 2.35. The van der Waals surface area contributed by atoms with Gasteiger partial charge >= 0.3 is 0 Å². The van der Waals surface area contributed by atoms with Gasteiger partial charge in [-0.25, -0.2) is 0 Å². The van der Waals surface area contributed by atoms with E-state index in [9.17, 15) is 10.2 Å². The second kappa shape index (κ2) is 16.5. The Morgan fingerprint density at radius 1 is 0.750 bits per heavy atom. The molecule has 0 amide bonds. The number of nitrogens with one attached hydrogen (secondary N) is 1. The van der Waals surface area contributed by atoms with E-state index < -0.39 is 0 Å². The number of hydrogen-bond acceptors (Lipinski definition) is 5. The SMILES string of the molecule is CC(C)N(CCC(c1ccccc1)c1cc(CCOc2ccc(CCNCc3ccc(O)c(Cl)c3)cc2)ccc1O)C(C)C. The molecule has 0 radical (unpaired) electrons. The highest BCUT2D eigenvalue weighted by Gasteiger charge is 2.21. The first kappa shape index (κ1) is 33.4. The van der Waals surface area contributed by atoms with E-state index >= 15 is 0 Å². The Kier molecular flexibility index (Phi) is 12.5. The molecule has 4 aromatic rings. The Morgan fingerprint density at radius 3 is 2.09 bits per heavy atom. The van der Waals surface area contributed by atoms with Crippen LogP contribution in [0.25, 0.3) is 0 Å². The number of hydrogen-bond donors (Lipinski definition) is 3. The van der Waals surface area contributed by atoms with Crippen LogP contribution in [0.4, 0.5) is 0 Å². The molecular weight excluding hydrogens is 568 g/mol. The summed E-state index contributed by atoms with van der Waals surface area (Å²) in [6.45, 7) is 12.0. The molecule has 0 fully saturated rings. The van der Waals surface area contributed by atoms with Crippen molar-refractivity contribution in [3.05, 3.63) is 124 Å². The van der Waals surface area contributed by atoms with Gasteiger partial charge in [0.1, 0.15) is 17.2 Å². The lowest BCUT2D eigenvalue weighted by atomic mass is 9.86. The molecule has 4 rings (SSSR count). The van der Waals surface area contributed by atoms with Gasteiger partial charge in [-0.3, -0.25) is 4.90 Å². The van der Waals surface area contributed by atoms with Gasteiger partial charge in [-0.2, -0.15) is 0 Å². The van der Waals surface area contributed by atoms with Crippen LogP contribution in [0, 0.1) is 0 Å². The standard InChI is InChI=1S/C38H47ClN2O3/c1-27(2)41(28(3)4)22-19-34(32-8-6-5-7-9-32)35-24-30(12-16-37(35)42)20-23-44-33-14-10-29(11-15-33)18-21-40-26-31-13-17-38(43)36(39)25-31/h5-17,24-25,27-28,34,40,42-43H,18-23,26H2,1-4H3. The minimum atomic E-state index is 0.105. The molecule has 234 valence electrons. The van der Waals surface area contributed by atoms with E-state index in [1.54, 1.807) is 12.1 Å². The molecule has 44 heavy (non-hydrogen) atoms. The maximum atomic E-state index is 11.0. The van der Waals surface area contributed by atoms with E-state index in [-0.39, 0.29) is 11.7 Å². The largest absolute Gasteiger partial charge is 0.508 e. The third-order valence-electron chi connectivity index (χ3n) is 8.19. The van der Waals surface area contributed by atoms with Crippen LogP contribution in [-0.4, -0.2) is 46.9 Å². The monoisotopic (exact) mass is 614 g/mol. The first-order valence-corrected chi connectivity index (χ1v) is 16.1. The smallest absolute Gasteiger partial charge is 0.134 e. The van der Waals surface area contributed by atoms with Crippen LogP contribution in [0.1, 0.15) is 67.9 Å². The number of rotatable bonds is 16. The van der Waals surface area contributed by atoms with E-state index in [1.165, 1.54) is 11.1 Å². The summed E-state index contributed by atoms with van der Waals surface area (Å²) in [6, 6.07) is 31.0. The van der Waals surface area contributed by atoms with Gasteiger partial charge < -0.3 is 20.3 Å². The third kappa shape index (κ3) is 9.75. The van der Waals surface area contributed by atoms with Crippen LogP contribution in [0.15, 0.2) is 91.0 Å². The molecule has 4 aromatic carbocycles. The van der Waals surface area contributed by atoms with Gasteiger partial charge in [-0.1, -0.05) is 72.3 Å². The summed E-state index contributed by atoms with van der Waals surface area (Å²) in [6.07, 6.45) is 2.59. The van der Waals surface area contributed by atoms with Crippen molar-refractivity contribution in [3.8, 4) is 17.2 Å². The minimum absolute atomic E-state index is 0.105. The molecule has 3 N–H and O–H groups in total. The molecule has 0 bridgehead atoms. The number of benzene rings is 4. The average Bonchev–Trinajstić information content (AvgIpc) is 3.01. The minimum Gasteiger partial charge on any atom is -0.508 e. The molecule has 0 aliphatic carbocycles. The van der Waals surface area contributed by atoms with Crippen molar-refractivity contribution in [3.63, 3.8) is 0 Å². The molecule has 5 nitrogen and oxygen atoms in total. The molecule has 0 heterocycles. The second-order valence-electron chi connectivity index (χ2n) is 12.0. The van der Waals surface area contributed by atoms with E-state index in [4.69, 9.17) is 16.3 Å². The Labute approximate surface area is 268 Å². The molecule has 0 aromatic heterocycles. The molecule has 0 saturated carbocycles. The molecule has 0 saturated heterocycles. The summed E-state index contributed by atoms with van der Waals surface area (Å²) in [5, 5.41) is 24.3. The van der Waals surface area contributed by atoms with Gasteiger partial charge in [0.05, 0.1) is 11.6 Å². The number of ether oxygens (including phenoxy) is 1. The fourth-order valence-corrected chi connectivity index (χ4v) is 5.98. The molecule has 1 unspecified atom stereocenters. The Balaban J connectivity index is 1.31. The zero-order valence-electron chi connectivity index (χ0n) is 26.5. The summed E-state index contributed by atoms with van der Waals surface area (Å²) in [7, 11) is 0. The number of phenolic OH excluding ortho intramolecular Hbond substituents is 2. The molecular formula is C38H47ClN2O3. The highest BCUT2D eigenvalue weighted by atomic mass is 35.5. The van der Waals surface area contributed by atoms with E-state index in [2.05, 4.69) is 80.4 Å². The van der Waals surface area contributed by atoms with E-state index in [0.29, 0.717) is 36.0 Å². The van der Waals surface area contributed by atoms with Gasteiger partial charge in [0.15, 0.2) is 0 Å². The molecule has 6 heteroatoms. The first-order chi connectivity index (χ1) is 21.2. The van der Waals surface area contributed by atoms with Crippen LogP contribution in [0.3, 0.4) is 0 Å². The second-order valence-corrected chi connectivity index (χ2v) is 12.4. The summed E-state index contributed by atoms with van der Waals surface area (Å²) >= 11 is 5.99. The Hall–Kier alpha value is -3.51. The van der Waals surface area contributed by atoms with Crippen molar-refractivity contribution < 1.29 is 14.9 Å². The summed E-state index contributed by atoms with van der Waals surface area (Å²) in [4.78, 5) is 2.51. The van der Waals surface area contributed by atoms with Gasteiger partial charge in [0, 0.05) is 36.5 Å². The lowest BCUT2D eigenvalue weighted by Gasteiger charge is -2.32. The van der Waals surface area contributed by atoms with Crippen molar-refractivity contribution in [2.45, 2.75) is 71.5 Å². The number of aromatic hydroxyl groups is 2. The Bertz CT molecular complexity index is 1430. The quantitative estimate of drug-likeness (QED) is 0.111. The zero-order valence-corrected chi connectivity index (χ0v) is 27.2. The summed E-state index contributed by atoms with van der Waals surface area (Å²) in [5.74, 6) is 1.41.